The van der Waals surface area contributed by atoms with Crippen molar-refractivity contribution in [3.8, 4) is 28.2 Å². The molecule has 6 aromatic rings. The molecule has 0 radical (unpaired) electrons. The molecule has 314 valence electrons. The van der Waals surface area contributed by atoms with E-state index in [1.165, 1.54) is 82.7 Å². The Morgan fingerprint density at radius 1 is 0.492 bits per heavy atom. The second-order valence-electron chi connectivity index (χ2n) is 17.5. The number of imidazole rings is 1. The Hall–Kier alpha value is -6.01. The molecule has 0 fully saturated rings. The SMILES string of the molecule is CC(C)c1cc(-c2ccccc2)cc(C(C)C)c1-n1c(CCCCCCc2ccc(N3C=CN(CCCCN4C=CN(c5ccccc5)C4)C3)cc2)cnc1-c1ccccc1. The Morgan fingerprint density at radius 3 is 1.56 bits per heavy atom. The van der Waals surface area contributed by atoms with Crippen molar-refractivity contribution >= 4 is 11.4 Å². The smallest absolute Gasteiger partial charge is 0.144 e. The van der Waals surface area contributed by atoms with Crippen molar-refractivity contribution in [3.05, 3.63) is 181 Å². The molecule has 3 heterocycles. The number of rotatable bonds is 19. The van der Waals surface area contributed by atoms with E-state index in [1.807, 2.05) is 0 Å². The highest BCUT2D eigenvalue weighted by molar-refractivity contribution is 5.72. The standard InChI is InChI=1S/C55H64N6/c1-43(2)52-38-48(46-21-11-7-12-22-46)39-53(44(3)4)54(52)61-51(40-56-55(61)47-23-13-8-14-24-47)27-15-6-5-10-20-45-28-30-50(31-29-45)60-37-35-58(42-60)33-19-18-32-57-34-36-59(41-57)49-25-16-9-17-26-49/h7-9,11-14,16-17,21-26,28-31,34-40,43-44H,5-6,10,15,18-20,27,32-33,41-42H2,1-4H3. The maximum Gasteiger partial charge on any atom is 0.144 e. The number of nitrogens with zero attached hydrogens (tertiary/aromatic N) is 6. The average molecular weight is 809 g/mol. The summed E-state index contributed by atoms with van der Waals surface area (Å²) in [7, 11) is 0. The van der Waals surface area contributed by atoms with E-state index < -0.39 is 0 Å². The highest BCUT2D eigenvalue weighted by Crippen LogP contribution is 2.39. The average Bonchev–Trinajstić information content (AvgIpc) is 4.08. The van der Waals surface area contributed by atoms with Crippen LogP contribution in [-0.2, 0) is 12.8 Å². The molecule has 6 heteroatoms. The van der Waals surface area contributed by atoms with E-state index >= 15 is 0 Å². The zero-order valence-electron chi connectivity index (χ0n) is 36.8. The first-order valence-corrected chi connectivity index (χ1v) is 22.8. The van der Waals surface area contributed by atoms with Gasteiger partial charge >= 0.3 is 0 Å². The van der Waals surface area contributed by atoms with Crippen molar-refractivity contribution in [1.82, 2.24) is 19.4 Å². The van der Waals surface area contributed by atoms with Gasteiger partial charge in [-0.2, -0.15) is 0 Å². The first kappa shape index (κ1) is 41.7. The van der Waals surface area contributed by atoms with Gasteiger partial charge in [-0.25, -0.2) is 4.98 Å². The first-order chi connectivity index (χ1) is 29.9. The third-order valence-electron chi connectivity index (χ3n) is 12.3. The van der Waals surface area contributed by atoms with Gasteiger partial charge in [-0.3, -0.25) is 4.57 Å². The lowest BCUT2D eigenvalue weighted by Gasteiger charge is -2.25. The fraction of sp³-hybridized carbons (Fsp3) is 0.327. The molecule has 0 bridgehead atoms. The van der Waals surface area contributed by atoms with Crippen LogP contribution in [0, 0.1) is 0 Å². The van der Waals surface area contributed by atoms with E-state index in [0.29, 0.717) is 11.8 Å². The third kappa shape index (κ3) is 10.3. The molecule has 61 heavy (non-hydrogen) atoms. The molecule has 2 aliphatic rings. The number of anilines is 2. The topological polar surface area (TPSA) is 30.8 Å². The van der Waals surface area contributed by atoms with Crippen LogP contribution in [0.2, 0.25) is 0 Å². The minimum absolute atomic E-state index is 0.358. The molecule has 0 atom stereocenters. The number of benzene rings is 5. The van der Waals surface area contributed by atoms with Gasteiger partial charge in [0.25, 0.3) is 0 Å². The van der Waals surface area contributed by atoms with Crippen LogP contribution in [0.5, 0.6) is 0 Å². The van der Waals surface area contributed by atoms with E-state index in [2.05, 4.69) is 210 Å². The van der Waals surface area contributed by atoms with Crippen LogP contribution in [0.4, 0.5) is 11.4 Å². The Morgan fingerprint density at radius 2 is 1.00 bits per heavy atom. The van der Waals surface area contributed by atoms with Crippen LogP contribution < -0.4 is 9.80 Å². The second kappa shape index (κ2) is 20.0. The zero-order chi connectivity index (χ0) is 42.0. The number of hydrogen-bond donors (Lipinski definition) is 0. The summed E-state index contributed by atoms with van der Waals surface area (Å²) in [5, 5.41) is 0. The van der Waals surface area contributed by atoms with Crippen LogP contribution in [0.3, 0.4) is 0 Å². The number of aromatic nitrogens is 2. The molecule has 1 aromatic heterocycles. The Kier molecular flexibility index (Phi) is 13.7. The van der Waals surface area contributed by atoms with E-state index in [1.54, 1.807) is 0 Å². The van der Waals surface area contributed by atoms with Crippen LogP contribution in [0.25, 0.3) is 28.2 Å². The Labute approximate surface area is 365 Å². The lowest BCUT2D eigenvalue weighted by molar-refractivity contribution is 0.354. The monoisotopic (exact) mass is 809 g/mol. The van der Waals surface area contributed by atoms with Gasteiger partial charge in [-0.1, -0.05) is 132 Å². The summed E-state index contributed by atoms with van der Waals surface area (Å²) in [5.41, 5.74) is 13.0. The van der Waals surface area contributed by atoms with Gasteiger partial charge in [0, 0.05) is 66.7 Å². The van der Waals surface area contributed by atoms with Gasteiger partial charge in [0.2, 0.25) is 0 Å². The van der Waals surface area contributed by atoms with Gasteiger partial charge in [-0.15, -0.1) is 0 Å². The minimum Gasteiger partial charge on any atom is -0.358 e. The van der Waals surface area contributed by atoms with Crippen molar-refractivity contribution in [2.24, 2.45) is 0 Å². The molecular weight excluding hydrogens is 745 g/mol. The Balaban J connectivity index is 0.822. The summed E-state index contributed by atoms with van der Waals surface area (Å²) < 4.78 is 2.51. The summed E-state index contributed by atoms with van der Waals surface area (Å²) in [6.45, 7) is 13.4. The van der Waals surface area contributed by atoms with E-state index in [0.717, 1.165) is 57.1 Å². The van der Waals surface area contributed by atoms with E-state index in [-0.39, 0.29) is 0 Å². The normalized spacial score (nSPS) is 13.8. The molecule has 5 aromatic carbocycles. The van der Waals surface area contributed by atoms with Gasteiger partial charge in [0.15, 0.2) is 0 Å². The number of unbranched alkanes of at least 4 members (excludes halogenated alkanes) is 4. The summed E-state index contributed by atoms with van der Waals surface area (Å²) in [6, 6.07) is 46.3. The molecule has 0 saturated heterocycles. The summed E-state index contributed by atoms with van der Waals surface area (Å²) in [6.07, 6.45) is 20.3. The van der Waals surface area contributed by atoms with Crippen molar-refractivity contribution < 1.29 is 0 Å². The lowest BCUT2D eigenvalue weighted by Crippen LogP contribution is -2.27. The molecule has 0 spiro atoms. The highest BCUT2D eigenvalue weighted by atomic mass is 15.3. The second-order valence-corrected chi connectivity index (χ2v) is 17.5. The van der Waals surface area contributed by atoms with Crippen LogP contribution in [0.1, 0.15) is 100 Å². The fourth-order valence-electron chi connectivity index (χ4n) is 8.87. The number of para-hydroxylation sites is 1. The molecule has 6 nitrogen and oxygen atoms in total. The molecule has 0 amide bonds. The molecular formula is C55H64N6. The van der Waals surface area contributed by atoms with Crippen molar-refractivity contribution in [2.45, 2.75) is 90.9 Å². The molecule has 2 aliphatic heterocycles. The van der Waals surface area contributed by atoms with Gasteiger partial charge in [0.05, 0.1) is 19.0 Å². The quantitative estimate of drug-likeness (QED) is 0.0761. The summed E-state index contributed by atoms with van der Waals surface area (Å²) in [4.78, 5) is 14.7. The maximum atomic E-state index is 5.13. The molecule has 0 unspecified atom stereocenters. The van der Waals surface area contributed by atoms with Crippen molar-refractivity contribution in [3.63, 3.8) is 0 Å². The maximum absolute atomic E-state index is 5.13. The summed E-state index contributed by atoms with van der Waals surface area (Å²) >= 11 is 0. The van der Waals surface area contributed by atoms with Gasteiger partial charge in [0.1, 0.15) is 5.82 Å². The van der Waals surface area contributed by atoms with Crippen LogP contribution in [0.15, 0.2) is 158 Å². The number of hydrogen-bond acceptors (Lipinski definition) is 5. The molecule has 0 saturated carbocycles. The van der Waals surface area contributed by atoms with Crippen LogP contribution >= 0.6 is 0 Å². The van der Waals surface area contributed by atoms with E-state index in [9.17, 15) is 0 Å². The predicted molar refractivity (Wildman–Crippen MR) is 257 cm³/mol. The van der Waals surface area contributed by atoms with Gasteiger partial charge in [-0.05, 0) is 115 Å². The predicted octanol–water partition coefficient (Wildman–Crippen LogP) is 13.4. The van der Waals surface area contributed by atoms with Gasteiger partial charge < -0.3 is 19.6 Å². The van der Waals surface area contributed by atoms with Crippen molar-refractivity contribution in [2.75, 3.05) is 36.2 Å². The zero-order valence-corrected chi connectivity index (χ0v) is 36.8. The minimum atomic E-state index is 0.358. The Bertz CT molecular complexity index is 2310. The van der Waals surface area contributed by atoms with E-state index in [4.69, 9.17) is 4.98 Å². The first-order valence-electron chi connectivity index (χ1n) is 22.8. The summed E-state index contributed by atoms with van der Waals surface area (Å²) in [5.74, 6) is 1.75. The lowest BCUT2D eigenvalue weighted by atomic mass is 9.88. The molecule has 8 rings (SSSR count). The highest BCUT2D eigenvalue weighted by Gasteiger charge is 2.24. The molecule has 0 aliphatic carbocycles. The number of aryl methyl sites for hydroxylation is 2. The third-order valence-corrected chi connectivity index (χ3v) is 12.3. The van der Waals surface area contributed by atoms with Crippen molar-refractivity contribution in [1.29, 1.82) is 0 Å². The van der Waals surface area contributed by atoms with Crippen LogP contribution in [-0.4, -0.2) is 45.8 Å². The fourth-order valence-corrected chi connectivity index (χ4v) is 8.87. The molecule has 0 N–H and O–H groups in total. The largest absolute Gasteiger partial charge is 0.358 e.